The van der Waals surface area contributed by atoms with Crippen LogP contribution in [0.4, 0.5) is 0 Å². The molecule has 0 spiro atoms. The van der Waals surface area contributed by atoms with Crippen molar-refractivity contribution in [2.75, 3.05) is 13.6 Å². The predicted octanol–water partition coefficient (Wildman–Crippen LogP) is -0.695. The van der Waals surface area contributed by atoms with Gasteiger partial charge in [0.15, 0.2) is 0 Å². The first-order valence-corrected chi connectivity index (χ1v) is 4.25. The second-order valence-electron chi connectivity index (χ2n) is 1.96. The minimum Gasteiger partial charge on any atom is -0.318 e. The van der Waals surface area contributed by atoms with Crippen molar-refractivity contribution >= 4 is 22.4 Å². The molecule has 0 aromatic rings. The number of primary sulfonamides is 1. The molecule has 4 nitrogen and oxygen atoms in total. The van der Waals surface area contributed by atoms with Gasteiger partial charge in [0.2, 0.25) is 10.0 Å². The van der Waals surface area contributed by atoms with Crippen LogP contribution in [0, 0.1) is 0 Å². The summed E-state index contributed by atoms with van der Waals surface area (Å²) in [6.07, 6.45) is 0. The molecule has 64 valence electrons. The van der Waals surface area contributed by atoms with Crippen molar-refractivity contribution in [3.63, 3.8) is 0 Å². The number of nitrogens with two attached hydrogens (primary N) is 1. The maximum atomic E-state index is 10.5. The molecule has 0 aromatic carbocycles. The molecule has 1 atom stereocenters. The smallest absolute Gasteiger partial charge is 0.212 e. The van der Waals surface area contributed by atoms with Gasteiger partial charge in [0.05, 0.1) is 5.25 Å². The van der Waals surface area contributed by atoms with E-state index in [2.05, 4.69) is 5.32 Å². The second kappa shape index (κ2) is 4.90. The van der Waals surface area contributed by atoms with Crippen LogP contribution in [0.3, 0.4) is 0 Å². The molecule has 0 aliphatic rings. The van der Waals surface area contributed by atoms with Crippen LogP contribution in [-0.4, -0.2) is 27.3 Å². The Morgan fingerprint density at radius 1 is 1.60 bits per heavy atom. The quantitative estimate of drug-likeness (QED) is 0.616. The summed E-state index contributed by atoms with van der Waals surface area (Å²) in [5.74, 6) is 0. The first-order chi connectivity index (χ1) is 3.98. The second-order valence-corrected chi connectivity index (χ2v) is 3.94. The molecule has 0 fully saturated rings. The molecule has 0 saturated carbocycles. The Kier molecular flexibility index (Phi) is 6.27. The normalized spacial score (nSPS) is 13.9. The van der Waals surface area contributed by atoms with Gasteiger partial charge in [-0.15, -0.1) is 12.4 Å². The third kappa shape index (κ3) is 4.99. The fourth-order valence-corrected chi connectivity index (χ4v) is 0.803. The number of sulfonamides is 1. The molecule has 10 heavy (non-hydrogen) atoms. The fraction of sp³-hybridized carbons (Fsp3) is 1.00. The molecule has 0 saturated heterocycles. The number of rotatable bonds is 3. The zero-order valence-corrected chi connectivity index (χ0v) is 7.63. The molecule has 1 unspecified atom stereocenters. The summed E-state index contributed by atoms with van der Waals surface area (Å²) in [7, 11) is -1.65. The highest BCUT2D eigenvalue weighted by atomic mass is 35.5. The lowest BCUT2D eigenvalue weighted by Gasteiger charge is -2.05. The Labute approximate surface area is 67.6 Å². The van der Waals surface area contributed by atoms with Gasteiger partial charge in [-0.1, -0.05) is 0 Å². The van der Waals surface area contributed by atoms with Gasteiger partial charge < -0.3 is 5.32 Å². The molecular formula is C4H13ClN2O2S. The number of halogens is 1. The molecule has 0 bridgehead atoms. The predicted molar refractivity (Wildman–Crippen MR) is 43.7 cm³/mol. The Morgan fingerprint density at radius 2 is 2.00 bits per heavy atom. The van der Waals surface area contributed by atoms with Crippen LogP contribution in [0.1, 0.15) is 6.92 Å². The molecule has 6 heteroatoms. The van der Waals surface area contributed by atoms with Gasteiger partial charge in [-0.25, -0.2) is 13.6 Å². The first-order valence-electron chi connectivity index (χ1n) is 2.64. The van der Waals surface area contributed by atoms with Crippen molar-refractivity contribution in [1.82, 2.24) is 5.32 Å². The van der Waals surface area contributed by atoms with E-state index in [9.17, 15) is 8.42 Å². The zero-order chi connectivity index (χ0) is 7.49. The molecule has 0 heterocycles. The molecule has 0 radical (unpaired) electrons. The number of nitrogens with one attached hydrogen (secondary N) is 1. The minimum atomic E-state index is -3.33. The summed E-state index contributed by atoms with van der Waals surface area (Å²) in [5, 5.41) is 7.01. The minimum absolute atomic E-state index is 0. The van der Waals surface area contributed by atoms with Gasteiger partial charge in [-0.05, 0) is 14.0 Å². The third-order valence-electron chi connectivity index (χ3n) is 1.05. The van der Waals surface area contributed by atoms with Crippen LogP contribution < -0.4 is 10.5 Å². The lowest BCUT2D eigenvalue weighted by Crippen LogP contribution is -2.33. The molecule has 3 N–H and O–H groups in total. The van der Waals surface area contributed by atoms with Gasteiger partial charge in [-0.3, -0.25) is 0 Å². The van der Waals surface area contributed by atoms with Crippen LogP contribution in [0.5, 0.6) is 0 Å². The van der Waals surface area contributed by atoms with Crippen molar-refractivity contribution in [3.05, 3.63) is 0 Å². The number of hydrogen-bond acceptors (Lipinski definition) is 3. The van der Waals surface area contributed by atoms with Gasteiger partial charge in [0.25, 0.3) is 0 Å². The molecule has 0 rings (SSSR count). The van der Waals surface area contributed by atoms with Gasteiger partial charge in [-0.2, -0.15) is 0 Å². The Bertz CT molecular complexity index is 168. The van der Waals surface area contributed by atoms with Crippen LogP contribution >= 0.6 is 12.4 Å². The summed E-state index contributed by atoms with van der Waals surface area (Å²) in [4.78, 5) is 0. The van der Waals surface area contributed by atoms with E-state index in [0.29, 0.717) is 6.54 Å². The van der Waals surface area contributed by atoms with Crippen LogP contribution in [-0.2, 0) is 10.0 Å². The molecule has 0 amide bonds. The van der Waals surface area contributed by atoms with Crippen LogP contribution in [0.25, 0.3) is 0 Å². The van der Waals surface area contributed by atoms with E-state index in [1.807, 2.05) is 0 Å². The van der Waals surface area contributed by atoms with E-state index < -0.39 is 15.3 Å². The first kappa shape index (κ1) is 12.8. The van der Waals surface area contributed by atoms with E-state index in [1.54, 1.807) is 14.0 Å². The average molecular weight is 189 g/mol. The van der Waals surface area contributed by atoms with Crippen LogP contribution in [0.2, 0.25) is 0 Å². The SMILES string of the molecule is CNCC(C)S(N)(=O)=O.Cl. The molecule has 0 aliphatic carbocycles. The largest absolute Gasteiger partial charge is 0.318 e. The molecule has 0 aromatic heterocycles. The molecular weight excluding hydrogens is 176 g/mol. The van der Waals surface area contributed by atoms with E-state index in [4.69, 9.17) is 5.14 Å². The van der Waals surface area contributed by atoms with E-state index >= 15 is 0 Å². The maximum absolute atomic E-state index is 10.5. The van der Waals surface area contributed by atoms with Gasteiger partial charge >= 0.3 is 0 Å². The fourth-order valence-electron chi connectivity index (χ4n) is 0.404. The number of hydrogen-bond donors (Lipinski definition) is 2. The van der Waals surface area contributed by atoms with E-state index in [0.717, 1.165) is 0 Å². The van der Waals surface area contributed by atoms with Gasteiger partial charge in [0.1, 0.15) is 0 Å². The van der Waals surface area contributed by atoms with Gasteiger partial charge in [0, 0.05) is 6.54 Å². The van der Waals surface area contributed by atoms with E-state index in [-0.39, 0.29) is 12.4 Å². The Morgan fingerprint density at radius 3 is 2.10 bits per heavy atom. The average Bonchev–Trinajstić information content (AvgIpc) is 1.64. The highest BCUT2D eigenvalue weighted by molar-refractivity contribution is 7.89. The van der Waals surface area contributed by atoms with Crippen molar-refractivity contribution in [2.45, 2.75) is 12.2 Å². The van der Waals surface area contributed by atoms with Crippen molar-refractivity contribution in [3.8, 4) is 0 Å². The van der Waals surface area contributed by atoms with Crippen molar-refractivity contribution < 1.29 is 8.42 Å². The topological polar surface area (TPSA) is 72.2 Å². The lowest BCUT2D eigenvalue weighted by atomic mass is 10.5. The monoisotopic (exact) mass is 188 g/mol. The summed E-state index contributed by atoms with van der Waals surface area (Å²) in [6.45, 7) is 1.96. The van der Waals surface area contributed by atoms with Crippen LogP contribution in [0.15, 0.2) is 0 Å². The lowest BCUT2D eigenvalue weighted by molar-refractivity contribution is 0.580. The zero-order valence-electron chi connectivity index (χ0n) is 5.99. The summed E-state index contributed by atoms with van der Waals surface area (Å²) in [5.41, 5.74) is 0. The Hall–Kier alpha value is 0.160. The standard InChI is InChI=1S/C4H12N2O2S.ClH/c1-4(3-6-2)9(5,7)8;/h4,6H,3H2,1-2H3,(H2,5,7,8);1H. The third-order valence-corrected chi connectivity index (χ3v) is 2.34. The van der Waals surface area contributed by atoms with Crippen molar-refractivity contribution in [1.29, 1.82) is 0 Å². The summed E-state index contributed by atoms with van der Waals surface area (Å²) in [6, 6.07) is 0. The molecule has 0 aliphatic heterocycles. The summed E-state index contributed by atoms with van der Waals surface area (Å²) < 4.78 is 20.9. The maximum Gasteiger partial charge on any atom is 0.212 e. The van der Waals surface area contributed by atoms with E-state index in [1.165, 1.54) is 0 Å². The highest BCUT2D eigenvalue weighted by Gasteiger charge is 2.12. The highest BCUT2D eigenvalue weighted by Crippen LogP contribution is 1.89. The Balaban J connectivity index is 0. The van der Waals surface area contributed by atoms with Crippen molar-refractivity contribution in [2.24, 2.45) is 5.14 Å². The summed E-state index contributed by atoms with van der Waals surface area (Å²) >= 11 is 0.